The number of nitrogens with one attached hydrogen (secondary N) is 2. The molecule has 2 N–H and O–H groups in total. The molecule has 0 amide bonds. The Morgan fingerprint density at radius 3 is 1.93 bits per heavy atom. The van der Waals surface area contributed by atoms with Crippen LogP contribution in [0.5, 0.6) is 0 Å². The molecule has 2 nitrogen and oxygen atoms in total. The van der Waals surface area contributed by atoms with E-state index in [0.717, 1.165) is 0 Å². The van der Waals surface area contributed by atoms with Gasteiger partial charge >= 0.3 is 0 Å². The Kier molecular flexibility index (Phi) is 2.55. The highest BCUT2D eigenvalue weighted by molar-refractivity contribution is 7.76. The van der Waals surface area contributed by atoms with Crippen molar-refractivity contribution in [2.45, 2.75) is 6.92 Å². The number of hydrogen-bond donors (Lipinski definition) is 2. The zero-order valence-corrected chi connectivity index (χ0v) is 9.01. The van der Waals surface area contributed by atoms with E-state index < -0.39 is 7.92 Å². The van der Waals surface area contributed by atoms with Gasteiger partial charge in [0.05, 0.1) is 0 Å². The Balaban J connectivity index is 2.40. The van der Waals surface area contributed by atoms with Crippen molar-refractivity contribution in [1.29, 1.82) is 0 Å². The number of aromatic amines is 2. The molecular formula is C11H13N2P. The molecule has 0 fully saturated rings. The quantitative estimate of drug-likeness (QED) is 0.719. The molecule has 0 aliphatic heterocycles. The van der Waals surface area contributed by atoms with E-state index in [1.165, 1.54) is 16.2 Å². The third kappa shape index (κ3) is 1.66. The normalized spacial score (nSPS) is 10.7. The first-order valence-corrected chi connectivity index (χ1v) is 5.85. The Labute approximate surface area is 84.8 Å². The fourth-order valence-corrected chi connectivity index (χ4v) is 3.42. The fourth-order valence-electron chi connectivity index (χ4n) is 1.46. The molecule has 0 aliphatic rings. The monoisotopic (exact) mass is 204 g/mol. The molecule has 0 atom stereocenters. The summed E-state index contributed by atoms with van der Waals surface area (Å²) >= 11 is 0. The maximum Gasteiger partial charge on any atom is 0.0487 e. The lowest BCUT2D eigenvalue weighted by Crippen LogP contribution is -2.13. The molecule has 2 aromatic rings. The number of H-pyrrole nitrogens is 2. The molecule has 14 heavy (non-hydrogen) atoms. The number of hydrogen-bond acceptors (Lipinski definition) is 0. The van der Waals surface area contributed by atoms with Gasteiger partial charge in [0.2, 0.25) is 0 Å². The van der Waals surface area contributed by atoms with Gasteiger partial charge in [-0.05, 0) is 36.5 Å². The van der Waals surface area contributed by atoms with Crippen LogP contribution in [0.4, 0.5) is 0 Å². The van der Waals surface area contributed by atoms with Crippen LogP contribution in [0.15, 0.2) is 48.6 Å². The van der Waals surface area contributed by atoms with Crippen molar-refractivity contribution in [2.24, 2.45) is 0 Å². The topological polar surface area (TPSA) is 31.6 Å². The van der Waals surface area contributed by atoms with Crippen LogP contribution in [0.1, 0.15) is 6.92 Å². The fraction of sp³-hybridized carbons (Fsp3) is 0.0909. The molecule has 2 aromatic heterocycles. The summed E-state index contributed by atoms with van der Waals surface area (Å²) in [5.74, 6) is 0. The van der Waals surface area contributed by atoms with Crippen molar-refractivity contribution in [1.82, 2.24) is 9.97 Å². The average molecular weight is 204 g/mol. The van der Waals surface area contributed by atoms with Crippen LogP contribution in [0, 0.1) is 0 Å². The van der Waals surface area contributed by atoms with Gasteiger partial charge in [-0.2, -0.15) is 0 Å². The van der Waals surface area contributed by atoms with Crippen LogP contribution in [-0.2, 0) is 0 Å². The maximum absolute atomic E-state index is 4.06. The van der Waals surface area contributed by atoms with Crippen molar-refractivity contribution < 1.29 is 0 Å². The predicted molar refractivity (Wildman–Crippen MR) is 62.6 cm³/mol. The first-order valence-electron chi connectivity index (χ1n) is 4.51. The van der Waals surface area contributed by atoms with E-state index >= 15 is 0 Å². The highest BCUT2D eigenvalue weighted by atomic mass is 31.1. The smallest absolute Gasteiger partial charge is 0.0487 e. The average Bonchev–Trinajstić information content (AvgIpc) is 2.75. The third-order valence-corrected chi connectivity index (χ3v) is 4.31. The molecule has 72 valence electrons. The SMILES string of the molecule is C=C(C)P(c1ccc[nH]1)c1ccc[nH]1. The Morgan fingerprint density at radius 2 is 1.64 bits per heavy atom. The second-order valence-corrected chi connectivity index (χ2v) is 5.58. The first kappa shape index (κ1) is 9.29. The van der Waals surface area contributed by atoms with E-state index in [1.54, 1.807) is 0 Å². The lowest BCUT2D eigenvalue weighted by atomic mass is 10.7. The molecule has 0 aromatic carbocycles. The lowest BCUT2D eigenvalue weighted by Gasteiger charge is -2.14. The van der Waals surface area contributed by atoms with Gasteiger partial charge in [-0.3, -0.25) is 0 Å². The van der Waals surface area contributed by atoms with E-state index in [1.807, 2.05) is 24.5 Å². The summed E-state index contributed by atoms with van der Waals surface area (Å²) < 4.78 is 0. The Morgan fingerprint density at radius 1 is 1.14 bits per heavy atom. The minimum Gasteiger partial charge on any atom is -0.361 e. The summed E-state index contributed by atoms with van der Waals surface area (Å²) in [5.41, 5.74) is 2.49. The zero-order valence-electron chi connectivity index (χ0n) is 8.12. The van der Waals surface area contributed by atoms with Crippen LogP contribution >= 0.6 is 7.92 Å². The third-order valence-electron chi connectivity index (χ3n) is 2.03. The van der Waals surface area contributed by atoms with Gasteiger partial charge in [0, 0.05) is 31.2 Å². The minimum atomic E-state index is -0.441. The molecule has 0 bridgehead atoms. The summed E-state index contributed by atoms with van der Waals surface area (Å²) in [5, 5.41) is 1.20. The van der Waals surface area contributed by atoms with Crippen molar-refractivity contribution in [2.75, 3.05) is 0 Å². The molecule has 2 rings (SSSR count). The Hall–Kier alpha value is -1.27. The van der Waals surface area contributed by atoms with Gasteiger partial charge in [-0.15, -0.1) is 0 Å². The second-order valence-electron chi connectivity index (χ2n) is 3.18. The molecule has 0 unspecified atom stereocenters. The van der Waals surface area contributed by atoms with Gasteiger partial charge in [-0.1, -0.05) is 6.58 Å². The van der Waals surface area contributed by atoms with Crippen LogP contribution in [-0.4, -0.2) is 9.97 Å². The number of aromatic nitrogens is 2. The van der Waals surface area contributed by atoms with Crippen molar-refractivity contribution in [3.05, 3.63) is 48.6 Å². The summed E-state index contributed by atoms with van der Waals surface area (Å²) in [6.45, 7) is 6.13. The highest BCUT2D eigenvalue weighted by Gasteiger charge is 2.15. The van der Waals surface area contributed by atoms with Gasteiger partial charge < -0.3 is 9.97 Å². The van der Waals surface area contributed by atoms with Gasteiger partial charge in [0.1, 0.15) is 0 Å². The molecule has 0 radical (unpaired) electrons. The number of rotatable bonds is 3. The minimum absolute atomic E-state index is 0.441. The van der Waals surface area contributed by atoms with Crippen molar-refractivity contribution in [3.8, 4) is 0 Å². The standard InChI is InChI=1S/C11H13N2P/c1-9(2)14(10-5-3-7-12-10)11-6-4-8-13-11/h3-8,12-13H,1H2,2H3. The van der Waals surface area contributed by atoms with Gasteiger partial charge in [-0.25, -0.2) is 0 Å². The lowest BCUT2D eigenvalue weighted by molar-refractivity contribution is 1.45. The highest BCUT2D eigenvalue weighted by Crippen LogP contribution is 2.39. The maximum atomic E-state index is 4.06. The second kappa shape index (κ2) is 3.85. The molecular weight excluding hydrogens is 191 g/mol. The molecule has 0 saturated carbocycles. The number of allylic oxidation sites excluding steroid dienone is 1. The molecule has 0 aliphatic carbocycles. The molecule has 0 spiro atoms. The van der Waals surface area contributed by atoms with Crippen molar-refractivity contribution in [3.63, 3.8) is 0 Å². The molecule has 3 heteroatoms. The van der Waals surface area contributed by atoms with Gasteiger partial charge in [0.25, 0.3) is 0 Å². The van der Waals surface area contributed by atoms with Crippen LogP contribution < -0.4 is 10.9 Å². The van der Waals surface area contributed by atoms with E-state index in [9.17, 15) is 0 Å². The van der Waals surface area contributed by atoms with Crippen LogP contribution in [0.2, 0.25) is 0 Å². The van der Waals surface area contributed by atoms with Crippen LogP contribution in [0.3, 0.4) is 0 Å². The predicted octanol–water partition coefficient (Wildman–Crippen LogP) is 2.31. The first-order chi connectivity index (χ1) is 6.79. The summed E-state index contributed by atoms with van der Waals surface area (Å²) in [4.78, 5) is 6.51. The van der Waals surface area contributed by atoms with E-state index in [0.29, 0.717) is 0 Å². The van der Waals surface area contributed by atoms with Crippen LogP contribution in [0.25, 0.3) is 0 Å². The summed E-state index contributed by atoms with van der Waals surface area (Å²) in [6.07, 6.45) is 3.91. The molecule has 0 saturated heterocycles. The van der Waals surface area contributed by atoms with Crippen molar-refractivity contribution >= 4 is 18.8 Å². The van der Waals surface area contributed by atoms with Gasteiger partial charge in [0.15, 0.2) is 0 Å². The largest absolute Gasteiger partial charge is 0.361 e. The zero-order chi connectivity index (χ0) is 9.97. The van der Waals surface area contributed by atoms with E-state index in [2.05, 4.69) is 35.6 Å². The van der Waals surface area contributed by atoms with E-state index in [-0.39, 0.29) is 0 Å². The molecule has 2 heterocycles. The summed E-state index contributed by atoms with van der Waals surface area (Å²) in [6, 6.07) is 8.27. The van der Waals surface area contributed by atoms with E-state index in [4.69, 9.17) is 0 Å². The summed E-state index contributed by atoms with van der Waals surface area (Å²) in [7, 11) is -0.441. The Bertz CT molecular complexity index is 366.